The highest BCUT2D eigenvalue weighted by Crippen LogP contribution is 2.35. The number of pyridine rings is 1. The molecule has 0 unspecified atom stereocenters. The SMILES string of the molecule is CNc1nc(NCC2(C)CCCCC2)c(F)cc1F. The molecule has 1 aromatic rings. The average molecular weight is 269 g/mol. The molecule has 1 heterocycles. The fraction of sp³-hybridized carbons (Fsp3) is 0.643. The van der Waals surface area contributed by atoms with Gasteiger partial charge in [0.1, 0.15) is 0 Å². The predicted octanol–water partition coefficient (Wildman–Crippen LogP) is 3.78. The van der Waals surface area contributed by atoms with Crippen molar-refractivity contribution in [2.75, 3.05) is 24.2 Å². The van der Waals surface area contributed by atoms with Gasteiger partial charge in [-0.1, -0.05) is 26.2 Å². The molecule has 0 bridgehead atoms. The molecule has 1 aliphatic rings. The van der Waals surface area contributed by atoms with Gasteiger partial charge in [0.05, 0.1) is 0 Å². The standard InChI is InChI=1S/C14H21F2N3/c1-14(6-4-3-5-7-14)9-18-13-11(16)8-10(15)12(17-2)19-13/h8H,3-7,9H2,1-2H3,(H2,17,18,19). The fourth-order valence-electron chi connectivity index (χ4n) is 2.65. The van der Waals surface area contributed by atoms with Crippen LogP contribution in [-0.4, -0.2) is 18.6 Å². The molecule has 0 aliphatic heterocycles. The summed E-state index contributed by atoms with van der Waals surface area (Å²) in [5.41, 5.74) is 0.181. The Kier molecular flexibility index (Phi) is 4.22. The van der Waals surface area contributed by atoms with E-state index >= 15 is 0 Å². The molecule has 19 heavy (non-hydrogen) atoms. The molecule has 0 saturated heterocycles. The van der Waals surface area contributed by atoms with Crippen LogP contribution >= 0.6 is 0 Å². The quantitative estimate of drug-likeness (QED) is 0.873. The lowest BCUT2D eigenvalue weighted by molar-refractivity contribution is 0.233. The van der Waals surface area contributed by atoms with Gasteiger partial charge in [0.25, 0.3) is 0 Å². The molecule has 1 saturated carbocycles. The summed E-state index contributed by atoms with van der Waals surface area (Å²) in [6.07, 6.45) is 6.00. The van der Waals surface area contributed by atoms with Crippen molar-refractivity contribution in [3.63, 3.8) is 0 Å². The molecular formula is C14H21F2N3. The average Bonchev–Trinajstić information content (AvgIpc) is 2.39. The van der Waals surface area contributed by atoms with Gasteiger partial charge in [-0.15, -0.1) is 0 Å². The molecule has 1 aromatic heterocycles. The molecule has 0 atom stereocenters. The van der Waals surface area contributed by atoms with E-state index in [-0.39, 0.29) is 17.1 Å². The predicted molar refractivity (Wildman–Crippen MR) is 73.4 cm³/mol. The Morgan fingerprint density at radius 3 is 2.42 bits per heavy atom. The summed E-state index contributed by atoms with van der Waals surface area (Å²) in [7, 11) is 1.57. The van der Waals surface area contributed by atoms with Gasteiger partial charge in [0.2, 0.25) is 0 Å². The van der Waals surface area contributed by atoms with E-state index in [1.54, 1.807) is 7.05 Å². The zero-order valence-electron chi connectivity index (χ0n) is 11.5. The van der Waals surface area contributed by atoms with Crippen molar-refractivity contribution >= 4 is 11.6 Å². The lowest BCUT2D eigenvalue weighted by Gasteiger charge is -2.33. The maximum absolute atomic E-state index is 13.7. The third kappa shape index (κ3) is 3.33. The summed E-state index contributed by atoms with van der Waals surface area (Å²) in [5.74, 6) is -1.12. The Balaban J connectivity index is 2.06. The maximum Gasteiger partial charge on any atom is 0.168 e. The van der Waals surface area contributed by atoms with Gasteiger partial charge in [-0.3, -0.25) is 0 Å². The lowest BCUT2D eigenvalue weighted by Crippen LogP contribution is -2.29. The second-order valence-electron chi connectivity index (χ2n) is 5.62. The molecule has 5 heteroatoms. The molecular weight excluding hydrogens is 248 g/mol. The van der Waals surface area contributed by atoms with Gasteiger partial charge in [-0.2, -0.15) is 0 Å². The first-order valence-electron chi connectivity index (χ1n) is 6.82. The lowest BCUT2D eigenvalue weighted by atomic mass is 9.76. The van der Waals surface area contributed by atoms with Crippen LogP contribution < -0.4 is 10.6 Å². The van der Waals surface area contributed by atoms with E-state index in [1.807, 2.05) is 0 Å². The summed E-state index contributed by atoms with van der Waals surface area (Å²) >= 11 is 0. The van der Waals surface area contributed by atoms with Crippen molar-refractivity contribution in [3.05, 3.63) is 17.7 Å². The monoisotopic (exact) mass is 269 g/mol. The Hall–Kier alpha value is -1.39. The number of rotatable bonds is 4. The Bertz CT molecular complexity index is 443. The zero-order chi connectivity index (χ0) is 13.9. The first kappa shape index (κ1) is 14.0. The first-order chi connectivity index (χ1) is 9.04. The van der Waals surface area contributed by atoms with E-state index in [0.29, 0.717) is 6.54 Å². The molecule has 0 aromatic carbocycles. The molecule has 1 aliphatic carbocycles. The third-order valence-corrected chi connectivity index (χ3v) is 3.91. The molecule has 106 valence electrons. The minimum absolute atomic E-state index is 0.0673. The van der Waals surface area contributed by atoms with E-state index in [1.165, 1.54) is 19.3 Å². The summed E-state index contributed by atoms with van der Waals surface area (Å²) in [6, 6.07) is 0.865. The first-order valence-corrected chi connectivity index (χ1v) is 6.82. The molecule has 3 nitrogen and oxygen atoms in total. The van der Waals surface area contributed by atoms with Crippen molar-refractivity contribution in [1.29, 1.82) is 0 Å². The van der Waals surface area contributed by atoms with Crippen LogP contribution in [0, 0.1) is 17.0 Å². The summed E-state index contributed by atoms with van der Waals surface area (Å²) in [4.78, 5) is 3.93. The zero-order valence-corrected chi connectivity index (χ0v) is 11.5. The van der Waals surface area contributed by atoms with Crippen molar-refractivity contribution in [2.45, 2.75) is 39.0 Å². The van der Waals surface area contributed by atoms with Crippen molar-refractivity contribution in [3.8, 4) is 0 Å². The van der Waals surface area contributed by atoms with Crippen LogP contribution in [0.5, 0.6) is 0 Å². The van der Waals surface area contributed by atoms with Crippen LogP contribution in [0.2, 0.25) is 0 Å². The second-order valence-corrected chi connectivity index (χ2v) is 5.62. The topological polar surface area (TPSA) is 37.0 Å². The number of aromatic nitrogens is 1. The number of anilines is 2. The van der Waals surface area contributed by atoms with Crippen LogP contribution in [0.25, 0.3) is 0 Å². The van der Waals surface area contributed by atoms with Crippen molar-refractivity contribution in [1.82, 2.24) is 4.98 Å². The van der Waals surface area contributed by atoms with E-state index < -0.39 is 11.6 Å². The molecule has 2 rings (SSSR count). The minimum Gasteiger partial charge on any atom is -0.371 e. The van der Waals surface area contributed by atoms with Crippen LogP contribution in [0.4, 0.5) is 20.4 Å². The van der Waals surface area contributed by atoms with Gasteiger partial charge >= 0.3 is 0 Å². The number of nitrogens with one attached hydrogen (secondary N) is 2. The van der Waals surface area contributed by atoms with E-state index in [2.05, 4.69) is 22.5 Å². The Morgan fingerprint density at radius 2 is 1.79 bits per heavy atom. The molecule has 0 amide bonds. The fourth-order valence-corrected chi connectivity index (χ4v) is 2.65. The molecule has 1 fully saturated rings. The highest BCUT2D eigenvalue weighted by molar-refractivity contribution is 5.47. The van der Waals surface area contributed by atoms with E-state index in [4.69, 9.17) is 0 Å². The largest absolute Gasteiger partial charge is 0.371 e. The van der Waals surface area contributed by atoms with Gasteiger partial charge in [-0.25, -0.2) is 13.8 Å². The summed E-state index contributed by atoms with van der Waals surface area (Å²) < 4.78 is 27.0. The van der Waals surface area contributed by atoms with Crippen LogP contribution in [0.15, 0.2) is 6.07 Å². The second kappa shape index (κ2) is 5.72. The molecule has 2 N–H and O–H groups in total. The van der Waals surface area contributed by atoms with Crippen LogP contribution in [0.3, 0.4) is 0 Å². The summed E-state index contributed by atoms with van der Waals surface area (Å²) in [6.45, 7) is 2.88. The number of halogens is 2. The highest BCUT2D eigenvalue weighted by Gasteiger charge is 2.27. The maximum atomic E-state index is 13.7. The molecule has 0 spiro atoms. The van der Waals surface area contributed by atoms with Gasteiger partial charge in [-0.05, 0) is 18.3 Å². The smallest absolute Gasteiger partial charge is 0.168 e. The van der Waals surface area contributed by atoms with Crippen LogP contribution in [-0.2, 0) is 0 Å². The van der Waals surface area contributed by atoms with E-state index in [9.17, 15) is 8.78 Å². The van der Waals surface area contributed by atoms with E-state index in [0.717, 1.165) is 18.9 Å². The number of nitrogens with zero attached hydrogens (tertiary/aromatic N) is 1. The van der Waals surface area contributed by atoms with Crippen molar-refractivity contribution < 1.29 is 8.78 Å². The van der Waals surface area contributed by atoms with Gasteiger partial charge < -0.3 is 10.6 Å². The minimum atomic E-state index is -0.672. The number of hydrogen-bond donors (Lipinski definition) is 2. The number of hydrogen-bond acceptors (Lipinski definition) is 3. The van der Waals surface area contributed by atoms with Gasteiger partial charge in [0, 0.05) is 19.7 Å². The van der Waals surface area contributed by atoms with Gasteiger partial charge in [0.15, 0.2) is 23.3 Å². The van der Waals surface area contributed by atoms with Crippen LogP contribution in [0.1, 0.15) is 39.0 Å². The van der Waals surface area contributed by atoms with Crippen molar-refractivity contribution in [2.24, 2.45) is 5.41 Å². The Morgan fingerprint density at radius 1 is 1.16 bits per heavy atom. The normalized spacial score (nSPS) is 18.1. The molecule has 0 radical (unpaired) electrons. The Labute approximate surface area is 112 Å². The summed E-state index contributed by atoms with van der Waals surface area (Å²) in [5, 5.41) is 5.65. The highest BCUT2D eigenvalue weighted by atomic mass is 19.1. The third-order valence-electron chi connectivity index (χ3n) is 3.91.